The van der Waals surface area contributed by atoms with Crippen LogP contribution in [0.15, 0.2) is 237 Å². The van der Waals surface area contributed by atoms with E-state index in [2.05, 4.69) is 241 Å². The van der Waals surface area contributed by atoms with Gasteiger partial charge in [-0.15, -0.1) is 0 Å². The molecule has 10 aromatic rings. The van der Waals surface area contributed by atoms with Gasteiger partial charge in [0.15, 0.2) is 0 Å². The first-order chi connectivity index (χ1) is 28.3. The van der Waals surface area contributed by atoms with E-state index in [4.69, 9.17) is 0 Å². The Kier molecular flexibility index (Phi) is 8.95. The average molecular weight is 726 g/mol. The standard InChI is InChI=1S/C56H39N/c1-4-17-40(18-5-1)45-21-16-22-46(39-45)41-31-33-44(34-32-41)55-53-29-14-12-27-51(53)52-28-13-15-30-54(52)56(55)57(47-23-8-3-9-24-47)48-37-35-43(36-38-48)50-26-11-10-25-49(50)42-19-6-2-7-20-42/h1-39H. The SMILES string of the molecule is c1ccc(-c2cccc(-c3ccc(-c4c(N(c5ccccc5)c5ccc(-c6ccccc6-c6ccccc6)cc5)c5ccccc5c5ccccc45)cc3)c2)cc1. The Morgan fingerprint density at radius 1 is 0.228 bits per heavy atom. The highest BCUT2D eigenvalue weighted by atomic mass is 15.1. The molecule has 0 saturated carbocycles. The quantitative estimate of drug-likeness (QED) is 0.141. The smallest absolute Gasteiger partial charge is 0.0624 e. The third kappa shape index (κ3) is 6.46. The summed E-state index contributed by atoms with van der Waals surface area (Å²) in [4.78, 5) is 2.45. The van der Waals surface area contributed by atoms with Gasteiger partial charge in [-0.25, -0.2) is 0 Å². The molecule has 0 atom stereocenters. The van der Waals surface area contributed by atoms with Crippen LogP contribution in [0.5, 0.6) is 0 Å². The van der Waals surface area contributed by atoms with Crippen molar-refractivity contribution in [3.8, 4) is 55.6 Å². The number of hydrogen-bond acceptors (Lipinski definition) is 1. The van der Waals surface area contributed by atoms with E-state index >= 15 is 0 Å². The minimum atomic E-state index is 1.10. The maximum Gasteiger partial charge on any atom is 0.0624 e. The van der Waals surface area contributed by atoms with Gasteiger partial charge >= 0.3 is 0 Å². The molecule has 0 unspecified atom stereocenters. The number of hydrogen-bond donors (Lipinski definition) is 0. The third-order valence-electron chi connectivity index (χ3n) is 11.1. The predicted octanol–water partition coefficient (Wildman–Crippen LogP) is 15.8. The third-order valence-corrected chi connectivity index (χ3v) is 11.1. The first-order valence-electron chi connectivity index (χ1n) is 19.6. The summed E-state index contributed by atoms with van der Waals surface area (Å²) in [5.74, 6) is 0. The lowest BCUT2D eigenvalue weighted by Crippen LogP contribution is -2.12. The highest BCUT2D eigenvalue weighted by Crippen LogP contribution is 2.49. The second-order valence-electron chi connectivity index (χ2n) is 14.5. The van der Waals surface area contributed by atoms with Crippen molar-refractivity contribution < 1.29 is 0 Å². The van der Waals surface area contributed by atoms with Crippen molar-refractivity contribution >= 4 is 38.6 Å². The normalized spacial score (nSPS) is 11.2. The Morgan fingerprint density at radius 3 is 1.23 bits per heavy atom. The van der Waals surface area contributed by atoms with Crippen LogP contribution in [0.2, 0.25) is 0 Å². The van der Waals surface area contributed by atoms with Gasteiger partial charge in [0.25, 0.3) is 0 Å². The fourth-order valence-electron chi connectivity index (χ4n) is 8.36. The Labute approximate surface area is 334 Å². The van der Waals surface area contributed by atoms with Gasteiger partial charge in [-0.3, -0.25) is 0 Å². The molecule has 0 spiro atoms. The lowest BCUT2D eigenvalue weighted by atomic mass is 9.89. The molecule has 0 bridgehead atoms. The summed E-state index contributed by atoms with van der Waals surface area (Å²) in [5, 5.41) is 4.90. The van der Waals surface area contributed by atoms with Crippen LogP contribution in [0, 0.1) is 0 Å². The minimum Gasteiger partial charge on any atom is -0.309 e. The topological polar surface area (TPSA) is 3.24 Å². The van der Waals surface area contributed by atoms with Gasteiger partial charge in [0.1, 0.15) is 0 Å². The predicted molar refractivity (Wildman–Crippen MR) is 243 cm³/mol. The van der Waals surface area contributed by atoms with Crippen LogP contribution >= 0.6 is 0 Å². The van der Waals surface area contributed by atoms with Gasteiger partial charge in [-0.05, 0) is 96.6 Å². The average Bonchev–Trinajstić information content (AvgIpc) is 3.30. The molecule has 1 nitrogen and oxygen atoms in total. The molecule has 268 valence electrons. The number of rotatable bonds is 8. The lowest BCUT2D eigenvalue weighted by molar-refractivity contribution is 1.30. The van der Waals surface area contributed by atoms with Gasteiger partial charge in [0.05, 0.1) is 5.69 Å². The molecule has 57 heavy (non-hydrogen) atoms. The van der Waals surface area contributed by atoms with Gasteiger partial charge in [-0.1, -0.05) is 206 Å². The van der Waals surface area contributed by atoms with Gasteiger partial charge in [0, 0.05) is 22.3 Å². The zero-order chi connectivity index (χ0) is 38.0. The minimum absolute atomic E-state index is 1.10. The van der Waals surface area contributed by atoms with Crippen molar-refractivity contribution in [2.45, 2.75) is 0 Å². The summed E-state index contributed by atoms with van der Waals surface area (Å²) < 4.78 is 0. The Balaban J connectivity index is 1.16. The zero-order valence-electron chi connectivity index (χ0n) is 31.5. The molecule has 0 aliphatic heterocycles. The summed E-state index contributed by atoms with van der Waals surface area (Å²) in [7, 11) is 0. The molecular formula is C56H39N. The summed E-state index contributed by atoms with van der Waals surface area (Å²) in [6, 6.07) is 85.6. The fraction of sp³-hybridized carbons (Fsp3) is 0. The van der Waals surface area contributed by atoms with Crippen LogP contribution in [0.3, 0.4) is 0 Å². The Bertz CT molecular complexity index is 2970. The van der Waals surface area contributed by atoms with Crippen molar-refractivity contribution in [2.75, 3.05) is 4.90 Å². The highest BCUT2D eigenvalue weighted by Gasteiger charge is 2.23. The van der Waals surface area contributed by atoms with Crippen LogP contribution in [-0.2, 0) is 0 Å². The zero-order valence-corrected chi connectivity index (χ0v) is 31.5. The molecule has 0 aliphatic rings. The number of fused-ring (bicyclic) bond motifs is 3. The first-order valence-corrected chi connectivity index (χ1v) is 19.6. The molecule has 0 heterocycles. The fourth-order valence-corrected chi connectivity index (χ4v) is 8.36. The van der Waals surface area contributed by atoms with E-state index in [1.165, 1.54) is 77.2 Å². The summed E-state index contributed by atoms with van der Waals surface area (Å²) in [5.41, 5.74) is 15.4. The summed E-state index contributed by atoms with van der Waals surface area (Å²) in [6.45, 7) is 0. The maximum atomic E-state index is 2.45. The molecule has 0 aromatic heterocycles. The molecule has 1 heteroatoms. The summed E-state index contributed by atoms with van der Waals surface area (Å²) in [6.07, 6.45) is 0. The number of para-hydroxylation sites is 1. The molecule has 0 aliphatic carbocycles. The van der Waals surface area contributed by atoms with Crippen LogP contribution < -0.4 is 4.90 Å². The van der Waals surface area contributed by atoms with Gasteiger partial charge in [0.2, 0.25) is 0 Å². The van der Waals surface area contributed by atoms with Crippen LogP contribution in [0.25, 0.3) is 77.2 Å². The highest BCUT2D eigenvalue weighted by molar-refractivity contribution is 6.22. The van der Waals surface area contributed by atoms with Crippen LogP contribution in [0.4, 0.5) is 17.1 Å². The first kappa shape index (κ1) is 34.0. The van der Waals surface area contributed by atoms with Crippen LogP contribution in [0.1, 0.15) is 0 Å². The molecular weight excluding hydrogens is 687 g/mol. The Hall–Kier alpha value is -7.48. The molecule has 0 amide bonds. The lowest BCUT2D eigenvalue weighted by Gasteiger charge is -2.30. The van der Waals surface area contributed by atoms with Crippen molar-refractivity contribution in [3.05, 3.63) is 237 Å². The maximum absolute atomic E-state index is 2.45. The van der Waals surface area contributed by atoms with Gasteiger partial charge in [-0.2, -0.15) is 0 Å². The van der Waals surface area contributed by atoms with E-state index in [1.54, 1.807) is 0 Å². The molecule has 0 saturated heterocycles. The van der Waals surface area contributed by atoms with Crippen molar-refractivity contribution in [1.82, 2.24) is 0 Å². The van der Waals surface area contributed by atoms with E-state index < -0.39 is 0 Å². The Morgan fingerprint density at radius 2 is 0.614 bits per heavy atom. The molecule has 0 N–H and O–H groups in total. The number of nitrogens with zero attached hydrogens (tertiary/aromatic N) is 1. The summed E-state index contributed by atoms with van der Waals surface area (Å²) >= 11 is 0. The second-order valence-corrected chi connectivity index (χ2v) is 14.5. The molecule has 10 aromatic carbocycles. The second kappa shape index (κ2) is 15.0. The van der Waals surface area contributed by atoms with Crippen molar-refractivity contribution in [2.24, 2.45) is 0 Å². The molecule has 0 fully saturated rings. The molecule has 10 rings (SSSR count). The van der Waals surface area contributed by atoms with Crippen molar-refractivity contribution in [1.29, 1.82) is 0 Å². The largest absolute Gasteiger partial charge is 0.309 e. The molecule has 0 radical (unpaired) electrons. The van der Waals surface area contributed by atoms with E-state index in [-0.39, 0.29) is 0 Å². The van der Waals surface area contributed by atoms with E-state index in [1.807, 2.05) is 0 Å². The van der Waals surface area contributed by atoms with Crippen molar-refractivity contribution in [3.63, 3.8) is 0 Å². The number of anilines is 3. The van der Waals surface area contributed by atoms with Gasteiger partial charge < -0.3 is 4.90 Å². The van der Waals surface area contributed by atoms with E-state index in [0.29, 0.717) is 0 Å². The monoisotopic (exact) mass is 725 g/mol. The van der Waals surface area contributed by atoms with E-state index in [0.717, 1.165) is 17.1 Å². The number of benzene rings is 10. The van der Waals surface area contributed by atoms with E-state index in [9.17, 15) is 0 Å². The van der Waals surface area contributed by atoms with Crippen LogP contribution in [-0.4, -0.2) is 0 Å².